The standard InChI is InChI=1S/C33H37NO8/c1-16(2)24-27(37)23(30(34)40)28(38)33(41)29(39)25-26(36)22-20(14-31(25,3)15-32(24,33)4)18(11-12-21(22)35)10-9-17-7-6-8-19(13-17)42-5/h6-8,11-13,16,23-25,27,29,35,37,39,41H,14-15H2,1-5H3,(H2,34,40)/t23-,24+,25-,27?,29?,31-,32-,33+/m1/s1. The van der Waals surface area contributed by atoms with Gasteiger partial charge in [0.2, 0.25) is 5.91 Å². The number of benzene rings is 2. The number of ketones is 2. The van der Waals surface area contributed by atoms with Crippen LogP contribution in [0.15, 0.2) is 36.4 Å². The van der Waals surface area contributed by atoms with E-state index in [0.717, 1.165) is 0 Å². The van der Waals surface area contributed by atoms with Crippen molar-refractivity contribution < 1.29 is 39.5 Å². The van der Waals surface area contributed by atoms with Crippen molar-refractivity contribution in [2.45, 2.75) is 58.3 Å². The Labute approximate surface area is 244 Å². The van der Waals surface area contributed by atoms with Crippen LogP contribution in [0.2, 0.25) is 0 Å². The Balaban J connectivity index is 1.67. The van der Waals surface area contributed by atoms with Gasteiger partial charge in [-0.1, -0.05) is 45.6 Å². The fourth-order valence-corrected chi connectivity index (χ4v) is 8.49. The van der Waals surface area contributed by atoms with Crippen molar-refractivity contribution in [1.82, 2.24) is 0 Å². The molecule has 0 aliphatic heterocycles. The number of hydrogen-bond donors (Lipinski definition) is 5. The van der Waals surface area contributed by atoms with E-state index in [-0.39, 0.29) is 30.1 Å². The number of nitrogens with two attached hydrogens (primary N) is 1. The molecule has 6 N–H and O–H groups in total. The summed E-state index contributed by atoms with van der Waals surface area (Å²) in [6.45, 7) is 7.05. The van der Waals surface area contributed by atoms with Crippen molar-refractivity contribution in [3.8, 4) is 23.3 Å². The van der Waals surface area contributed by atoms with Crippen LogP contribution >= 0.6 is 0 Å². The molecule has 5 rings (SSSR count). The van der Waals surface area contributed by atoms with Crippen LogP contribution in [0.3, 0.4) is 0 Å². The second-order valence-corrected chi connectivity index (χ2v) is 13.0. The number of phenolic OH excluding ortho intramolecular Hbond substituents is 1. The molecule has 0 aromatic heterocycles. The topological polar surface area (TPSA) is 167 Å². The van der Waals surface area contributed by atoms with E-state index in [1.54, 1.807) is 46.1 Å². The van der Waals surface area contributed by atoms with Crippen molar-refractivity contribution in [3.63, 3.8) is 0 Å². The van der Waals surface area contributed by atoms with Crippen LogP contribution in [0.25, 0.3) is 0 Å². The first-order valence-corrected chi connectivity index (χ1v) is 14.1. The Morgan fingerprint density at radius 3 is 2.43 bits per heavy atom. The highest BCUT2D eigenvalue weighted by atomic mass is 16.5. The van der Waals surface area contributed by atoms with Crippen LogP contribution in [0.4, 0.5) is 0 Å². The zero-order valence-corrected chi connectivity index (χ0v) is 24.3. The van der Waals surface area contributed by atoms with Gasteiger partial charge in [-0.2, -0.15) is 0 Å². The van der Waals surface area contributed by atoms with Crippen LogP contribution in [-0.2, 0) is 16.0 Å². The number of fused-ring (bicyclic) bond motifs is 3. The van der Waals surface area contributed by atoms with Gasteiger partial charge in [-0.05, 0) is 66.0 Å². The number of methoxy groups -OCH3 is 1. The summed E-state index contributed by atoms with van der Waals surface area (Å²) in [6, 6.07) is 10.2. The van der Waals surface area contributed by atoms with E-state index in [2.05, 4.69) is 11.8 Å². The molecule has 0 saturated heterocycles. The molecule has 9 nitrogen and oxygen atoms in total. The van der Waals surface area contributed by atoms with Gasteiger partial charge in [0.05, 0.1) is 24.7 Å². The quantitative estimate of drug-likeness (QED) is 0.274. The fourth-order valence-electron chi connectivity index (χ4n) is 8.49. The zero-order chi connectivity index (χ0) is 30.9. The van der Waals surface area contributed by atoms with Gasteiger partial charge >= 0.3 is 0 Å². The van der Waals surface area contributed by atoms with Crippen LogP contribution in [0.5, 0.6) is 11.5 Å². The van der Waals surface area contributed by atoms with Crippen LogP contribution in [-0.4, -0.2) is 62.8 Å². The van der Waals surface area contributed by atoms with E-state index >= 15 is 0 Å². The highest BCUT2D eigenvalue weighted by Gasteiger charge is 2.75. The highest BCUT2D eigenvalue weighted by molar-refractivity contribution is 6.09. The molecule has 8 atom stereocenters. The van der Waals surface area contributed by atoms with Gasteiger partial charge in [-0.3, -0.25) is 14.4 Å². The molecule has 0 spiro atoms. The van der Waals surface area contributed by atoms with Crippen molar-refractivity contribution in [3.05, 3.63) is 58.7 Å². The lowest BCUT2D eigenvalue weighted by molar-refractivity contribution is -0.265. The summed E-state index contributed by atoms with van der Waals surface area (Å²) in [5.41, 5.74) is 2.25. The lowest BCUT2D eigenvalue weighted by Crippen LogP contribution is -2.79. The number of aromatic hydroxyl groups is 1. The molecule has 3 aliphatic carbocycles. The van der Waals surface area contributed by atoms with Crippen molar-refractivity contribution in [2.24, 2.45) is 40.2 Å². The second-order valence-electron chi connectivity index (χ2n) is 13.0. The van der Waals surface area contributed by atoms with Gasteiger partial charge in [0.25, 0.3) is 0 Å². The predicted octanol–water partition coefficient (Wildman–Crippen LogP) is 1.98. The summed E-state index contributed by atoms with van der Waals surface area (Å²) in [5, 5.41) is 46.2. The molecule has 0 radical (unpaired) electrons. The average molecular weight is 576 g/mol. The number of ether oxygens (including phenoxy) is 1. The molecule has 0 heterocycles. The predicted molar refractivity (Wildman–Crippen MR) is 152 cm³/mol. The Kier molecular flexibility index (Phi) is 7.05. The minimum atomic E-state index is -2.54. The number of Topliss-reactive ketones (excluding diaryl/α,β-unsaturated/α-hetero) is 2. The molecule has 2 saturated carbocycles. The van der Waals surface area contributed by atoms with Crippen LogP contribution in [0, 0.1) is 46.3 Å². The summed E-state index contributed by atoms with van der Waals surface area (Å²) >= 11 is 0. The molecule has 222 valence electrons. The van der Waals surface area contributed by atoms with E-state index in [4.69, 9.17) is 10.5 Å². The summed E-state index contributed by atoms with van der Waals surface area (Å²) in [5.74, 6) is -0.419. The average Bonchev–Trinajstić information content (AvgIpc) is 2.90. The third-order valence-corrected chi connectivity index (χ3v) is 10.1. The van der Waals surface area contributed by atoms with Gasteiger partial charge in [-0.15, -0.1) is 0 Å². The summed E-state index contributed by atoms with van der Waals surface area (Å²) in [7, 11) is 1.56. The second kappa shape index (κ2) is 9.94. The first-order valence-electron chi connectivity index (χ1n) is 14.1. The number of carbonyl (C=O) groups is 3. The van der Waals surface area contributed by atoms with Crippen molar-refractivity contribution in [2.75, 3.05) is 7.11 Å². The van der Waals surface area contributed by atoms with Gasteiger partial charge in [0, 0.05) is 16.5 Å². The summed E-state index contributed by atoms with van der Waals surface area (Å²) in [4.78, 5) is 40.3. The molecule has 0 bridgehead atoms. The van der Waals surface area contributed by atoms with Gasteiger partial charge in [0.1, 0.15) is 23.5 Å². The number of aliphatic hydroxyl groups excluding tert-OH is 2. The third-order valence-electron chi connectivity index (χ3n) is 10.1. The molecule has 2 aromatic rings. The normalized spacial score (nSPS) is 35.4. The van der Waals surface area contributed by atoms with Crippen LogP contribution < -0.4 is 10.5 Å². The first-order chi connectivity index (χ1) is 19.6. The summed E-state index contributed by atoms with van der Waals surface area (Å²) < 4.78 is 5.27. The molecule has 9 heteroatoms. The number of rotatable bonds is 3. The van der Waals surface area contributed by atoms with Crippen LogP contribution in [0.1, 0.15) is 61.2 Å². The molecule has 1 amide bonds. The highest BCUT2D eigenvalue weighted by Crippen LogP contribution is 2.65. The first kappa shape index (κ1) is 29.8. The minimum absolute atomic E-state index is 0.0173. The third kappa shape index (κ3) is 4.00. The van der Waals surface area contributed by atoms with E-state index < -0.39 is 63.9 Å². The number of hydrogen-bond acceptors (Lipinski definition) is 8. The molecule has 2 fully saturated rings. The Hall–Kier alpha value is -3.71. The minimum Gasteiger partial charge on any atom is -0.507 e. The SMILES string of the molecule is COc1cccc(C#Cc2ccc(O)c3c2C[C@]2(C)C[C@]4(C)[C@@H](C(C)C)C(O)[C@@H](C(N)=O)C(=O)[C@]4(O)C(O)[C@H]2C3=O)c1. The Morgan fingerprint density at radius 2 is 1.81 bits per heavy atom. The van der Waals surface area contributed by atoms with Gasteiger partial charge in [-0.25, -0.2) is 0 Å². The van der Waals surface area contributed by atoms with E-state index in [1.807, 2.05) is 19.1 Å². The monoisotopic (exact) mass is 575 g/mol. The van der Waals surface area contributed by atoms with Crippen molar-refractivity contribution in [1.29, 1.82) is 0 Å². The summed E-state index contributed by atoms with van der Waals surface area (Å²) in [6.07, 6.45) is -3.13. The van der Waals surface area contributed by atoms with E-state index in [9.17, 15) is 34.8 Å². The van der Waals surface area contributed by atoms with Crippen molar-refractivity contribution >= 4 is 17.5 Å². The van der Waals surface area contributed by atoms with E-state index in [0.29, 0.717) is 22.4 Å². The van der Waals surface area contributed by atoms with Gasteiger partial charge < -0.3 is 30.9 Å². The molecule has 42 heavy (non-hydrogen) atoms. The maximum absolute atomic E-state index is 14.2. The molecular weight excluding hydrogens is 538 g/mol. The fraction of sp³-hybridized carbons (Fsp3) is 0.485. The van der Waals surface area contributed by atoms with E-state index in [1.165, 1.54) is 6.07 Å². The number of carbonyl (C=O) groups excluding carboxylic acids is 3. The number of phenols is 1. The molecular formula is C33H37NO8. The van der Waals surface area contributed by atoms with Gasteiger partial charge in [0.15, 0.2) is 17.2 Å². The Morgan fingerprint density at radius 1 is 1.12 bits per heavy atom. The molecule has 2 unspecified atom stereocenters. The maximum Gasteiger partial charge on any atom is 0.230 e. The number of primary amides is 1. The number of aliphatic hydroxyl groups is 3. The lowest BCUT2D eigenvalue weighted by Gasteiger charge is -2.66. The largest absolute Gasteiger partial charge is 0.507 e. The Bertz CT molecular complexity index is 1550. The molecule has 2 aromatic carbocycles. The molecule has 3 aliphatic rings. The lowest BCUT2D eigenvalue weighted by atomic mass is 9.39. The maximum atomic E-state index is 14.2. The number of amides is 1. The zero-order valence-electron chi connectivity index (χ0n) is 24.3. The smallest absolute Gasteiger partial charge is 0.230 e.